The van der Waals surface area contributed by atoms with Crippen LogP contribution in [0, 0.1) is 11.6 Å². The maximum Gasteiger partial charge on any atom is 0.264 e. The van der Waals surface area contributed by atoms with Gasteiger partial charge in [-0.2, -0.15) is 0 Å². The molecule has 1 aliphatic heterocycles. The number of hydrogen-bond acceptors (Lipinski definition) is 6. The van der Waals surface area contributed by atoms with E-state index in [-0.39, 0.29) is 35.0 Å². The molecule has 0 fully saturated rings. The van der Waals surface area contributed by atoms with Crippen molar-refractivity contribution in [3.63, 3.8) is 0 Å². The minimum Gasteiger partial charge on any atom is -0.486 e. The Morgan fingerprint density at radius 3 is 2.34 bits per heavy atom. The summed E-state index contributed by atoms with van der Waals surface area (Å²) < 4.78 is 68.1. The van der Waals surface area contributed by atoms with E-state index < -0.39 is 46.1 Å². The molecule has 0 bridgehead atoms. The fourth-order valence-corrected chi connectivity index (χ4v) is 5.67. The SMILES string of the molecule is CCCNC(=O)C(C)N(Cc1ccccc1F)C(=O)CN(c1ccc(F)cc1)S(=O)(=O)c1ccc2c(c1)OCCO2. The third-order valence-corrected chi connectivity index (χ3v) is 8.28. The number of sulfonamides is 1. The molecule has 1 N–H and O–H groups in total. The first-order valence-electron chi connectivity index (χ1n) is 13.1. The lowest BCUT2D eigenvalue weighted by molar-refractivity contribution is -0.139. The van der Waals surface area contributed by atoms with E-state index in [2.05, 4.69) is 5.32 Å². The number of carbonyl (C=O) groups is 2. The minimum atomic E-state index is -4.42. The van der Waals surface area contributed by atoms with Gasteiger partial charge in [-0.1, -0.05) is 25.1 Å². The van der Waals surface area contributed by atoms with Gasteiger partial charge in [-0.15, -0.1) is 0 Å². The van der Waals surface area contributed by atoms with E-state index in [0.29, 0.717) is 25.3 Å². The highest BCUT2D eigenvalue weighted by Crippen LogP contribution is 2.34. The van der Waals surface area contributed by atoms with Crippen molar-refractivity contribution in [3.8, 4) is 11.5 Å². The van der Waals surface area contributed by atoms with Gasteiger partial charge in [0.05, 0.1) is 10.6 Å². The maximum absolute atomic E-state index is 14.6. The molecule has 0 saturated carbocycles. The van der Waals surface area contributed by atoms with Gasteiger partial charge in [0.1, 0.15) is 37.4 Å². The van der Waals surface area contributed by atoms with Gasteiger partial charge in [-0.3, -0.25) is 13.9 Å². The fourth-order valence-electron chi connectivity index (χ4n) is 4.24. The van der Waals surface area contributed by atoms with E-state index in [4.69, 9.17) is 9.47 Å². The van der Waals surface area contributed by atoms with E-state index in [1.807, 2.05) is 6.92 Å². The number of anilines is 1. The Bertz CT molecular complexity index is 1500. The normalized spacial score (nSPS) is 13.3. The molecular formula is C29H31F2N3O6S. The van der Waals surface area contributed by atoms with E-state index in [0.717, 1.165) is 21.3 Å². The molecule has 2 amide bonds. The van der Waals surface area contributed by atoms with Crippen molar-refractivity contribution in [1.29, 1.82) is 0 Å². The molecule has 12 heteroatoms. The largest absolute Gasteiger partial charge is 0.486 e. The maximum atomic E-state index is 14.6. The number of ether oxygens (including phenoxy) is 2. The lowest BCUT2D eigenvalue weighted by Crippen LogP contribution is -2.51. The molecular weight excluding hydrogens is 556 g/mol. The Kier molecular flexibility index (Phi) is 9.43. The van der Waals surface area contributed by atoms with Crippen molar-refractivity contribution < 1.29 is 36.3 Å². The smallest absolute Gasteiger partial charge is 0.264 e. The van der Waals surface area contributed by atoms with Crippen molar-refractivity contribution in [2.75, 3.05) is 30.6 Å². The summed E-state index contributed by atoms with van der Waals surface area (Å²) in [6, 6.07) is 13.4. The number of benzene rings is 3. The molecule has 1 aliphatic rings. The summed E-state index contributed by atoms with van der Waals surface area (Å²) in [5.74, 6) is -1.81. The molecule has 0 aromatic heterocycles. The zero-order valence-electron chi connectivity index (χ0n) is 22.7. The fraction of sp³-hybridized carbons (Fsp3) is 0.310. The number of hydrogen-bond donors (Lipinski definition) is 1. The van der Waals surface area contributed by atoms with Crippen LogP contribution in [0.25, 0.3) is 0 Å². The molecule has 9 nitrogen and oxygen atoms in total. The van der Waals surface area contributed by atoms with Crippen LogP contribution in [0.15, 0.2) is 71.6 Å². The van der Waals surface area contributed by atoms with Gasteiger partial charge in [0.2, 0.25) is 11.8 Å². The van der Waals surface area contributed by atoms with Gasteiger partial charge in [-0.05, 0) is 55.8 Å². The predicted molar refractivity (Wildman–Crippen MR) is 148 cm³/mol. The minimum absolute atomic E-state index is 0.0172. The van der Waals surface area contributed by atoms with Crippen LogP contribution in [0.1, 0.15) is 25.8 Å². The highest BCUT2D eigenvalue weighted by atomic mass is 32.2. The summed E-state index contributed by atoms with van der Waals surface area (Å²) in [5.41, 5.74) is 0.169. The molecule has 0 aliphatic carbocycles. The van der Waals surface area contributed by atoms with Crippen molar-refractivity contribution in [1.82, 2.24) is 10.2 Å². The number of nitrogens with zero attached hydrogens (tertiary/aromatic N) is 2. The lowest BCUT2D eigenvalue weighted by Gasteiger charge is -2.32. The molecule has 3 aromatic carbocycles. The zero-order chi connectivity index (χ0) is 29.6. The monoisotopic (exact) mass is 587 g/mol. The Hall–Kier alpha value is -4.19. The first-order valence-corrected chi connectivity index (χ1v) is 14.5. The van der Waals surface area contributed by atoms with Crippen LogP contribution in [0.4, 0.5) is 14.5 Å². The van der Waals surface area contributed by atoms with Gasteiger partial charge >= 0.3 is 0 Å². The van der Waals surface area contributed by atoms with Crippen molar-refractivity contribution in [2.45, 2.75) is 37.8 Å². The molecule has 41 heavy (non-hydrogen) atoms. The van der Waals surface area contributed by atoms with Crippen LogP contribution >= 0.6 is 0 Å². The Labute approximate surface area is 237 Å². The first-order chi connectivity index (χ1) is 19.6. The van der Waals surface area contributed by atoms with Crippen LogP contribution < -0.4 is 19.1 Å². The quantitative estimate of drug-likeness (QED) is 0.365. The van der Waals surface area contributed by atoms with Crippen LogP contribution in [-0.4, -0.2) is 57.5 Å². The first kappa shape index (κ1) is 29.8. The summed E-state index contributed by atoms with van der Waals surface area (Å²) in [5, 5.41) is 2.72. The van der Waals surface area contributed by atoms with Crippen LogP contribution in [-0.2, 0) is 26.2 Å². The Morgan fingerprint density at radius 2 is 1.66 bits per heavy atom. The third kappa shape index (κ3) is 6.94. The number of rotatable bonds is 11. The van der Waals surface area contributed by atoms with Crippen molar-refractivity contribution in [3.05, 3.63) is 83.9 Å². The van der Waals surface area contributed by atoms with Gasteiger partial charge in [0.15, 0.2) is 11.5 Å². The number of fused-ring (bicyclic) bond motifs is 1. The standard InChI is InChI=1S/C29H31F2N3O6S/c1-3-14-32-29(36)20(2)33(18-21-6-4-5-7-25(21)31)28(35)19-34(23-10-8-22(30)9-11-23)41(37,38)24-12-13-26-27(17-24)40-16-15-39-26/h4-13,17,20H,3,14-16,18-19H2,1-2H3,(H,32,36). The van der Waals surface area contributed by atoms with Crippen LogP contribution in [0.2, 0.25) is 0 Å². The van der Waals surface area contributed by atoms with Gasteiger partial charge in [0.25, 0.3) is 10.0 Å². The van der Waals surface area contributed by atoms with Crippen molar-refractivity contribution >= 4 is 27.5 Å². The number of carbonyl (C=O) groups excluding carboxylic acids is 2. The van der Waals surface area contributed by atoms with E-state index in [9.17, 15) is 26.8 Å². The number of nitrogens with one attached hydrogen (secondary N) is 1. The molecule has 0 radical (unpaired) electrons. The van der Waals surface area contributed by atoms with Crippen LogP contribution in [0.3, 0.4) is 0 Å². The lowest BCUT2D eigenvalue weighted by atomic mass is 10.1. The Balaban J connectivity index is 1.72. The topological polar surface area (TPSA) is 105 Å². The highest BCUT2D eigenvalue weighted by molar-refractivity contribution is 7.92. The predicted octanol–water partition coefficient (Wildman–Crippen LogP) is 3.87. The molecule has 0 saturated heterocycles. The summed E-state index contributed by atoms with van der Waals surface area (Å²) in [6.45, 7) is 3.25. The zero-order valence-corrected chi connectivity index (χ0v) is 23.5. The number of halogens is 2. The van der Waals surface area contributed by atoms with Gasteiger partial charge < -0.3 is 19.7 Å². The average Bonchev–Trinajstić information content (AvgIpc) is 2.98. The summed E-state index contributed by atoms with van der Waals surface area (Å²) >= 11 is 0. The van der Waals surface area contributed by atoms with Crippen LogP contribution in [0.5, 0.6) is 11.5 Å². The summed E-state index contributed by atoms with van der Waals surface area (Å²) in [7, 11) is -4.42. The second-order valence-electron chi connectivity index (χ2n) is 9.37. The average molecular weight is 588 g/mol. The summed E-state index contributed by atoms with van der Waals surface area (Å²) in [6.07, 6.45) is 0.659. The van der Waals surface area contributed by atoms with E-state index in [1.165, 1.54) is 55.5 Å². The van der Waals surface area contributed by atoms with Gasteiger partial charge in [-0.25, -0.2) is 17.2 Å². The second-order valence-corrected chi connectivity index (χ2v) is 11.2. The van der Waals surface area contributed by atoms with Gasteiger partial charge in [0, 0.05) is 24.7 Å². The molecule has 0 spiro atoms. The second kappa shape index (κ2) is 13.0. The molecule has 1 atom stereocenters. The highest BCUT2D eigenvalue weighted by Gasteiger charge is 2.33. The Morgan fingerprint density at radius 1 is 0.976 bits per heavy atom. The molecule has 1 unspecified atom stereocenters. The third-order valence-electron chi connectivity index (χ3n) is 6.51. The summed E-state index contributed by atoms with van der Waals surface area (Å²) in [4.78, 5) is 27.6. The number of amides is 2. The van der Waals surface area contributed by atoms with E-state index >= 15 is 0 Å². The molecule has 1 heterocycles. The molecule has 3 aromatic rings. The molecule has 218 valence electrons. The molecule has 4 rings (SSSR count). The van der Waals surface area contributed by atoms with Crippen molar-refractivity contribution in [2.24, 2.45) is 0 Å². The van der Waals surface area contributed by atoms with E-state index in [1.54, 1.807) is 6.07 Å².